The lowest BCUT2D eigenvalue weighted by molar-refractivity contribution is 0.371. The molecule has 1 saturated carbocycles. The molecule has 0 amide bonds. The fourth-order valence-electron chi connectivity index (χ4n) is 2.21. The van der Waals surface area contributed by atoms with E-state index in [1.54, 1.807) is 18.2 Å². The van der Waals surface area contributed by atoms with Gasteiger partial charge in [-0.1, -0.05) is 42.5 Å². The summed E-state index contributed by atoms with van der Waals surface area (Å²) in [5.41, 5.74) is 5.89. The Bertz CT molecular complexity index is 457. The normalized spacial score (nSPS) is 17.5. The molecule has 0 aliphatic heterocycles. The van der Waals surface area contributed by atoms with Gasteiger partial charge in [-0.3, -0.25) is 4.99 Å². The number of hydrogen-bond donors (Lipinski definition) is 1. The SMILES string of the molecule is NC(COc1ccc(Cl)c(Cl)c1)=NC1CCCCC1. The van der Waals surface area contributed by atoms with Crippen molar-refractivity contribution in [1.82, 2.24) is 0 Å². The standard InChI is InChI=1S/C14H18Cl2N2O/c15-12-7-6-11(8-13(12)16)19-9-14(17)18-10-4-2-1-3-5-10/h6-8,10H,1-5,9H2,(H2,17,18). The zero-order valence-electron chi connectivity index (χ0n) is 10.7. The molecule has 0 bridgehead atoms. The summed E-state index contributed by atoms with van der Waals surface area (Å²) < 4.78 is 5.55. The smallest absolute Gasteiger partial charge is 0.145 e. The van der Waals surface area contributed by atoms with Gasteiger partial charge in [-0.15, -0.1) is 0 Å². The van der Waals surface area contributed by atoms with Crippen molar-refractivity contribution in [2.75, 3.05) is 6.61 Å². The van der Waals surface area contributed by atoms with Gasteiger partial charge in [-0.25, -0.2) is 0 Å². The van der Waals surface area contributed by atoms with Crippen LogP contribution in [0.4, 0.5) is 0 Å². The molecule has 1 aromatic rings. The minimum atomic E-state index is 0.286. The molecule has 0 heterocycles. The third-order valence-electron chi connectivity index (χ3n) is 3.20. The quantitative estimate of drug-likeness (QED) is 0.673. The number of amidine groups is 1. The molecule has 104 valence electrons. The summed E-state index contributed by atoms with van der Waals surface area (Å²) in [6.07, 6.45) is 6.07. The van der Waals surface area contributed by atoms with Crippen LogP contribution in [0, 0.1) is 0 Å². The Morgan fingerprint density at radius 2 is 1.95 bits per heavy atom. The fourth-order valence-corrected chi connectivity index (χ4v) is 2.49. The molecular weight excluding hydrogens is 283 g/mol. The fraction of sp³-hybridized carbons (Fsp3) is 0.500. The van der Waals surface area contributed by atoms with Crippen molar-refractivity contribution in [3.63, 3.8) is 0 Å². The molecule has 0 unspecified atom stereocenters. The van der Waals surface area contributed by atoms with Crippen molar-refractivity contribution >= 4 is 29.0 Å². The molecule has 2 rings (SSSR count). The molecule has 3 nitrogen and oxygen atoms in total. The number of halogens is 2. The summed E-state index contributed by atoms with van der Waals surface area (Å²) in [7, 11) is 0. The first-order valence-corrected chi connectivity index (χ1v) is 7.31. The highest BCUT2D eigenvalue weighted by Crippen LogP contribution is 2.26. The first-order chi connectivity index (χ1) is 9.15. The van der Waals surface area contributed by atoms with Crippen LogP contribution in [0.5, 0.6) is 5.75 Å². The largest absolute Gasteiger partial charge is 0.486 e. The van der Waals surface area contributed by atoms with Gasteiger partial charge in [0.1, 0.15) is 18.2 Å². The van der Waals surface area contributed by atoms with Crippen LogP contribution in [0.2, 0.25) is 10.0 Å². The van der Waals surface area contributed by atoms with Crippen LogP contribution in [0.25, 0.3) is 0 Å². The highest BCUT2D eigenvalue weighted by molar-refractivity contribution is 6.42. The minimum absolute atomic E-state index is 0.286. The maximum atomic E-state index is 5.91. The van der Waals surface area contributed by atoms with Crippen molar-refractivity contribution in [2.24, 2.45) is 10.7 Å². The van der Waals surface area contributed by atoms with E-state index < -0.39 is 0 Å². The van der Waals surface area contributed by atoms with Gasteiger partial charge in [-0.2, -0.15) is 0 Å². The number of hydrogen-bond acceptors (Lipinski definition) is 2. The predicted octanol–water partition coefficient (Wildman–Crippen LogP) is 4.06. The van der Waals surface area contributed by atoms with E-state index in [9.17, 15) is 0 Å². The Morgan fingerprint density at radius 3 is 2.63 bits per heavy atom. The predicted molar refractivity (Wildman–Crippen MR) is 80.5 cm³/mol. The van der Waals surface area contributed by atoms with E-state index in [0.717, 1.165) is 12.8 Å². The third kappa shape index (κ3) is 4.59. The Balaban J connectivity index is 1.86. The van der Waals surface area contributed by atoms with Crippen molar-refractivity contribution in [1.29, 1.82) is 0 Å². The monoisotopic (exact) mass is 300 g/mol. The van der Waals surface area contributed by atoms with Crippen LogP contribution in [0.1, 0.15) is 32.1 Å². The molecule has 1 aliphatic rings. The number of rotatable bonds is 4. The Morgan fingerprint density at radius 1 is 1.21 bits per heavy atom. The second kappa shape index (κ2) is 7.01. The van der Waals surface area contributed by atoms with Crippen LogP contribution in [0.3, 0.4) is 0 Å². The molecule has 2 N–H and O–H groups in total. The van der Waals surface area contributed by atoms with E-state index >= 15 is 0 Å². The van der Waals surface area contributed by atoms with Crippen molar-refractivity contribution in [3.8, 4) is 5.75 Å². The van der Waals surface area contributed by atoms with E-state index in [4.69, 9.17) is 33.7 Å². The molecule has 0 atom stereocenters. The molecule has 1 aliphatic carbocycles. The Labute approximate surface area is 123 Å². The number of benzene rings is 1. The van der Waals surface area contributed by atoms with E-state index in [1.807, 2.05) is 0 Å². The summed E-state index contributed by atoms with van der Waals surface area (Å²) in [6, 6.07) is 5.51. The summed E-state index contributed by atoms with van der Waals surface area (Å²) in [6.45, 7) is 0.286. The molecule has 0 spiro atoms. The van der Waals surface area contributed by atoms with Crippen LogP contribution in [-0.4, -0.2) is 18.5 Å². The molecule has 5 heteroatoms. The van der Waals surface area contributed by atoms with Crippen LogP contribution in [0.15, 0.2) is 23.2 Å². The van der Waals surface area contributed by atoms with Gasteiger partial charge >= 0.3 is 0 Å². The van der Waals surface area contributed by atoms with Gasteiger partial charge in [0, 0.05) is 6.07 Å². The highest BCUT2D eigenvalue weighted by atomic mass is 35.5. The third-order valence-corrected chi connectivity index (χ3v) is 3.94. The second-order valence-corrected chi connectivity index (χ2v) is 5.59. The molecule has 1 fully saturated rings. The number of nitrogens with two attached hydrogens (primary N) is 1. The average Bonchev–Trinajstić information content (AvgIpc) is 2.41. The summed E-state index contributed by atoms with van der Waals surface area (Å²) in [5, 5.41) is 0.986. The first-order valence-electron chi connectivity index (χ1n) is 6.55. The van der Waals surface area contributed by atoms with Gasteiger partial charge in [0.2, 0.25) is 0 Å². The van der Waals surface area contributed by atoms with Gasteiger partial charge in [0.25, 0.3) is 0 Å². The zero-order valence-corrected chi connectivity index (χ0v) is 12.3. The minimum Gasteiger partial charge on any atom is -0.486 e. The van der Waals surface area contributed by atoms with Crippen LogP contribution < -0.4 is 10.5 Å². The van der Waals surface area contributed by atoms with Gasteiger partial charge in [0.05, 0.1) is 16.1 Å². The lowest BCUT2D eigenvalue weighted by Gasteiger charge is -2.18. The summed E-state index contributed by atoms with van der Waals surface area (Å²) in [5.74, 6) is 1.19. The van der Waals surface area contributed by atoms with Gasteiger partial charge in [0.15, 0.2) is 0 Å². The number of aliphatic imine (C=N–C) groups is 1. The van der Waals surface area contributed by atoms with E-state index in [0.29, 0.717) is 27.7 Å². The second-order valence-electron chi connectivity index (χ2n) is 4.78. The molecular formula is C14H18Cl2N2O. The van der Waals surface area contributed by atoms with Crippen molar-refractivity contribution in [2.45, 2.75) is 38.1 Å². The molecule has 0 radical (unpaired) electrons. The van der Waals surface area contributed by atoms with Crippen molar-refractivity contribution < 1.29 is 4.74 Å². The summed E-state index contributed by atoms with van der Waals surface area (Å²) >= 11 is 11.7. The zero-order chi connectivity index (χ0) is 13.7. The maximum Gasteiger partial charge on any atom is 0.145 e. The Kier molecular flexibility index (Phi) is 5.34. The maximum absolute atomic E-state index is 5.91. The lowest BCUT2D eigenvalue weighted by atomic mass is 9.96. The average molecular weight is 301 g/mol. The van der Waals surface area contributed by atoms with E-state index in [2.05, 4.69) is 4.99 Å². The highest BCUT2D eigenvalue weighted by Gasteiger charge is 2.12. The molecule has 19 heavy (non-hydrogen) atoms. The van der Waals surface area contributed by atoms with E-state index in [-0.39, 0.29) is 6.61 Å². The number of ether oxygens (including phenoxy) is 1. The van der Waals surface area contributed by atoms with Crippen LogP contribution in [-0.2, 0) is 0 Å². The lowest BCUT2D eigenvalue weighted by Crippen LogP contribution is -2.24. The Hall–Kier alpha value is -0.930. The van der Waals surface area contributed by atoms with Gasteiger partial charge < -0.3 is 10.5 Å². The summed E-state index contributed by atoms with van der Waals surface area (Å²) in [4.78, 5) is 4.50. The topological polar surface area (TPSA) is 47.6 Å². The first kappa shape index (κ1) is 14.5. The molecule has 0 aromatic heterocycles. The van der Waals surface area contributed by atoms with Crippen molar-refractivity contribution in [3.05, 3.63) is 28.2 Å². The molecule has 1 aromatic carbocycles. The number of nitrogens with zero attached hydrogens (tertiary/aromatic N) is 1. The van der Waals surface area contributed by atoms with E-state index in [1.165, 1.54) is 19.3 Å². The van der Waals surface area contributed by atoms with Crippen LogP contribution >= 0.6 is 23.2 Å². The molecule has 0 saturated heterocycles. The van der Waals surface area contributed by atoms with Gasteiger partial charge in [-0.05, 0) is 25.0 Å².